The minimum atomic E-state index is 0.246. The van der Waals surface area contributed by atoms with Crippen LogP contribution in [0.3, 0.4) is 0 Å². The Labute approximate surface area is 84.6 Å². The maximum atomic E-state index is 11.6. The summed E-state index contributed by atoms with van der Waals surface area (Å²) < 4.78 is 5.28. The van der Waals surface area contributed by atoms with Gasteiger partial charge in [-0.1, -0.05) is 0 Å². The lowest BCUT2D eigenvalue weighted by molar-refractivity contribution is -0.130. The number of amides is 1. The highest BCUT2D eigenvalue weighted by Crippen LogP contribution is 2.09. The van der Waals surface area contributed by atoms with Crippen LogP contribution in [-0.4, -0.2) is 49.7 Å². The summed E-state index contributed by atoms with van der Waals surface area (Å²) in [6, 6.07) is 0.511. The molecule has 1 amide bonds. The third-order valence-electron chi connectivity index (χ3n) is 2.92. The van der Waals surface area contributed by atoms with E-state index in [1.807, 2.05) is 4.90 Å². The molecule has 2 rings (SSSR count). The van der Waals surface area contributed by atoms with Crippen molar-refractivity contribution >= 4 is 5.91 Å². The molecule has 0 saturated carbocycles. The standard InChI is InChI=1S/C10H18N2O2/c13-10-3-6-14-7-5-12(10)8-9-2-1-4-11-9/h9,11H,1-8H2/t9-/m0/s1. The molecule has 0 spiro atoms. The van der Waals surface area contributed by atoms with E-state index in [-0.39, 0.29) is 5.91 Å². The lowest BCUT2D eigenvalue weighted by Gasteiger charge is -2.23. The van der Waals surface area contributed by atoms with Crippen LogP contribution in [0.2, 0.25) is 0 Å². The molecule has 0 bridgehead atoms. The molecule has 1 atom stereocenters. The maximum absolute atomic E-state index is 11.6. The molecule has 2 aliphatic heterocycles. The van der Waals surface area contributed by atoms with Gasteiger partial charge in [-0.15, -0.1) is 0 Å². The second-order valence-electron chi connectivity index (χ2n) is 4.00. The summed E-state index contributed by atoms with van der Waals surface area (Å²) in [6.07, 6.45) is 2.99. The first-order valence-corrected chi connectivity index (χ1v) is 5.45. The molecular formula is C10H18N2O2. The van der Waals surface area contributed by atoms with E-state index in [2.05, 4.69) is 5.32 Å². The Bertz CT molecular complexity index is 202. The number of carbonyl (C=O) groups excluding carboxylic acids is 1. The quantitative estimate of drug-likeness (QED) is 0.678. The average Bonchev–Trinajstić information content (AvgIpc) is 2.60. The van der Waals surface area contributed by atoms with Crippen LogP contribution in [0.15, 0.2) is 0 Å². The van der Waals surface area contributed by atoms with Crippen LogP contribution in [0.4, 0.5) is 0 Å². The van der Waals surface area contributed by atoms with Crippen LogP contribution in [0.5, 0.6) is 0 Å². The molecule has 4 heteroatoms. The molecule has 14 heavy (non-hydrogen) atoms. The van der Waals surface area contributed by atoms with Crippen molar-refractivity contribution in [2.45, 2.75) is 25.3 Å². The van der Waals surface area contributed by atoms with Gasteiger partial charge in [0.1, 0.15) is 0 Å². The van der Waals surface area contributed by atoms with Gasteiger partial charge >= 0.3 is 0 Å². The van der Waals surface area contributed by atoms with E-state index in [9.17, 15) is 4.79 Å². The van der Waals surface area contributed by atoms with Crippen molar-refractivity contribution in [2.24, 2.45) is 0 Å². The van der Waals surface area contributed by atoms with Gasteiger partial charge in [-0.25, -0.2) is 0 Å². The van der Waals surface area contributed by atoms with Crippen molar-refractivity contribution in [1.82, 2.24) is 10.2 Å². The van der Waals surface area contributed by atoms with Gasteiger partial charge in [-0.2, -0.15) is 0 Å². The fourth-order valence-corrected chi connectivity index (χ4v) is 2.09. The third kappa shape index (κ3) is 2.45. The minimum absolute atomic E-state index is 0.246. The molecule has 0 aliphatic carbocycles. The smallest absolute Gasteiger partial charge is 0.225 e. The molecule has 4 nitrogen and oxygen atoms in total. The minimum Gasteiger partial charge on any atom is -0.379 e. The number of hydrogen-bond acceptors (Lipinski definition) is 3. The number of ether oxygens (including phenoxy) is 1. The topological polar surface area (TPSA) is 41.6 Å². The van der Waals surface area contributed by atoms with E-state index in [1.165, 1.54) is 12.8 Å². The average molecular weight is 198 g/mol. The van der Waals surface area contributed by atoms with Crippen LogP contribution in [0.1, 0.15) is 19.3 Å². The zero-order chi connectivity index (χ0) is 9.80. The number of carbonyl (C=O) groups is 1. The highest BCUT2D eigenvalue weighted by molar-refractivity contribution is 5.76. The predicted octanol–water partition coefficient (Wildman–Crippen LogP) is -0.0127. The monoisotopic (exact) mass is 198 g/mol. The highest BCUT2D eigenvalue weighted by Gasteiger charge is 2.22. The number of nitrogens with zero attached hydrogens (tertiary/aromatic N) is 1. The second-order valence-corrected chi connectivity index (χ2v) is 4.00. The Morgan fingerprint density at radius 1 is 1.50 bits per heavy atom. The van der Waals surface area contributed by atoms with Crippen molar-refractivity contribution < 1.29 is 9.53 Å². The van der Waals surface area contributed by atoms with Crippen LogP contribution < -0.4 is 5.32 Å². The normalized spacial score (nSPS) is 29.3. The first-order valence-electron chi connectivity index (χ1n) is 5.45. The third-order valence-corrected chi connectivity index (χ3v) is 2.92. The molecule has 0 aromatic rings. The van der Waals surface area contributed by atoms with E-state index in [1.54, 1.807) is 0 Å². The van der Waals surface area contributed by atoms with Crippen LogP contribution in [-0.2, 0) is 9.53 Å². The lowest BCUT2D eigenvalue weighted by Crippen LogP contribution is -2.41. The Kier molecular flexibility index (Phi) is 3.37. The van der Waals surface area contributed by atoms with Crippen LogP contribution in [0, 0.1) is 0 Å². The van der Waals surface area contributed by atoms with Gasteiger partial charge < -0.3 is 15.0 Å². The van der Waals surface area contributed by atoms with Gasteiger partial charge in [0.05, 0.1) is 19.6 Å². The SMILES string of the molecule is O=C1CCOCCN1C[C@@H]1CCCN1. The predicted molar refractivity (Wildman–Crippen MR) is 53.0 cm³/mol. The van der Waals surface area contributed by atoms with Gasteiger partial charge in [0.2, 0.25) is 5.91 Å². The van der Waals surface area contributed by atoms with E-state index >= 15 is 0 Å². The van der Waals surface area contributed by atoms with Crippen LogP contribution in [0.25, 0.3) is 0 Å². The molecule has 0 radical (unpaired) electrons. The molecule has 0 aromatic heterocycles. The van der Waals surface area contributed by atoms with Crippen molar-refractivity contribution in [1.29, 1.82) is 0 Å². The summed E-state index contributed by atoms with van der Waals surface area (Å²) in [5, 5.41) is 3.41. The molecule has 0 aromatic carbocycles. The second kappa shape index (κ2) is 4.75. The van der Waals surface area contributed by atoms with Gasteiger partial charge in [-0.3, -0.25) is 4.79 Å². The Morgan fingerprint density at radius 2 is 2.43 bits per heavy atom. The first kappa shape index (κ1) is 9.93. The Hall–Kier alpha value is -0.610. The fourth-order valence-electron chi connectivity index (χ4n) is 2.09. The van der Waals surface area contributed by atoms with E-state index in [0.29, 0.717) is 25.7 Å². The fraction of sp³-hybridized carbons (Fsp3) is 0.900. The molecule has 0 unspecified atom stereocenters. The van der Waals surface area contributed by atoms with Gasteiger partial charge in [0.15, 0.2) is 0 Å². The molecule has 2 fully saturated rings. The van der Waals surface area contributed by atoms with Crippen molar-refractivity contribution in [3.63, 3.8) is 0 Å². The molecule has 1 N–H and O–H groups in total. The van der Waals surface area contributed by atoms with Crippen LogP contribution >= 0.6 is 0 Å². The van der Waals surface area contributed by atoms with Gasteiger partial charge in [0, 0.05) is 19.1 Å². The largest absolute Gasteiger partial charge is 0.379 e. The summed E-state index contributed by atoms with van der Waals surface area (Å²) >= 11 is 0. The Morgan fingerprint density at radius 3 is 3.21 bits per heavy atom. The number of rotatable bonds is 2. The van der Waals surface area contributed by atoms with E-state index in [4.69, 9.17) is 4.74 Å². The Balaban J connectivity index is 1.84. The van der Waals surface area contributed by atoms with Crippen molar-refractivity contribution in [3.05, 3.63) is 0 Å². The summed E-state index contributed by atoms with van der Waals surface area (Å²) in [4.78, 5) is 13.6. The molecule has 2 heterocycles. The summed E-state index contributed by atoms with van der Waals surface area (Å²) in [5.41, 5.74) is 0. The summed E-state index contributed by atoms with van der Waals surface area (Å²) in [5.74, 6) is 0.246. The van der Waals surface area contributed by atoms with Gasteiger partial charge in [0.25, 0.3) is 0 Å². The zero-order valence-corrected chi connectivity index (χ0v) is 8.50. The highest BCUT2D eigenvalue weighted by atomic mass is 16.5. The van der Waals surface area contributed by atoms with E-state index in [0.717, 1.165) is 19.6 Å². The van der Waals surface area contributed by atoms with E-state index < -0.39 is 0 Å². The molecule has 2 saturated heterocycles. The number of hydrogen-bond donors (Lipinski definition) is 1. The lowest BCUT2D eigenvalue weighted by atomic mass is 10.2. The summed E-state index contributed by atoms with van der Waals surface area (Å²) in [6.45, 7) is 4.01. The zero-order valence-electron chi connectivity index (χ0n) is 8.50. The molecular weight excluding hydrogens is 180 g/mol. The first-order chi connectivity index (χ1) is 6.86. The molecule has 2 aliphatic rings. The van der Waals surface area contributed by atoms with Gasteiger partial charge in [-0.05, 0) is 19.4 Å². The maximum Gasteiger partial charge on any atom is 0.225 e. The van der Waals surface area contributed by atoms with Crippen molar-refractivity contribution in [2.75, 3.05) is 32.8 Å². The summed E-state index contributed by atoms with van der Waals surface area (Å²) in [7, 11) is 0. The molecule has 80 valence electrons. The number of nitrogens with one attached hydrogen (secondary N) is 1. The van der Waals surface area contributed by atoms with Crippen molar-refractivity contribution in [3.8, 4) is 0 Å².